The maximum absolute atomic E-state index is 14.8. The van der Waals surface area contributed by atoms with Gasteiger partial charge in [0.05, 0.1) is 0 Å². The van der Waals surface area contributed by atoms with Crippen molar-refractivity contribution < 1.29 is 9.18 Å². The van der Waals surface area contributed by atoms with E-state index in [-0.39, 0.29) is 24.1 Å². The van der Waals surface area contributed by atoms with Crippen LogP contribution >= 0.6 is 12.4 Å². The molecule has 0 unspecified atom stereocenters. The Morgan fingerprint density at radius 2 is 1.74 bits per heavy atom. The molecular formula is C29H30ClFN2O. The van der Waals surface area contributed by atoms with Crippen LogP contribution < -0.4 is 4.90 Å². The van der Waals surface area contributed by atoms with E-state index in [0.29, 0.717) is 11.1 Å². The molecule has 1 amide bonds. The lowest BCUT2D eigenvalue weighted by molar-refractivity contribution is 0.0992. The van der Waals surface area contributed by atoms with Crippen molar-refractivity contribution in [2.75, 3.05) is 31.6 Å². The zero-order chi connectivity index (χ0) is 22.8. The third kappa shape index (κ3) is 5.08. The summed E-state index contributed by atoms with van der Waals surface area (Å²) >= 11 is 0. The molecule has 5 rings (SSSR count). The van der Waals surface area contributed by atoms with E-state index >= 15 is 0 Å². The molecule has 1 fully saturated rings. The van der Waals surface area contributed by atoms with E-state index in [4.69, 9.17) is 0 Å². The van der Waals surface area contributed by atoms with Gasteiger partial charge >= 0.3 is 0 Å². The number of nitrogens with zero attached hydrogens (tertiary/aromatic N) is 2. The summed E-state index contributed by atoms with van der Waals surface area (Å²) < 4.78 is 14.8. The van der Waals surface area contributed by atoms with Gasteiger partial charge < -0.3 is 4.90 Å². The number of benzene rings is 3. The van der Waals surface area contributed by atoms with Gasteiger partial charge in [-0.15, -0.1) is 12.4 Å². The second-order valence-corrected chi connectivity index (χ2v) is 9.09. The number of likely N-dealkylation sites (tertiary alicyclic amines) is 1. The van der Waals surface area contributed by atoms with Crippen LogP contribution in [0.15, 0.2) is 72.3 Å². The predicted molar refractivity (Wildman–Crippen MR) is 140 cm³/mol. The number of hydrogen-bond acceptors (Lipinski definition) is 2. The highest BCUT2D eigenvalue weighted by atomic mass is 35.5. The summed E-state index contributed by atoms with van der Waals surface area (Å²) in [6.07, 6.45) is 7.00. The third-order valence-corrected chi connectivity index (χ3v) is 6.82. The van der Waals surface area contributed by atoms with Crippen molar-refractivity contribution in [1.29, 1.82) is 0 Å². The van der Waals surface area contributed by atoms with Gasteiger partial charge in [0, 0.05) is 30.4 Å². The maximum Gasteiger partial charge on any atom is 0.258 e. The Balaban J connectivity index is 0.00000274. The second-order valence-electron chi connectivity index (χ2n) is 9.09. The number of anilines is 1. The Hall–Kier alpha value is -2.95. The molecule has 3 aromatic carbocycles. The Labute approximate surface area is 207 Å². The smallest absolute Gasteiger partial charge is 0.258 e. The number of hydrogen-bond donors (Lipinski definition) is 0. The summed E-state index contributed by atoms with van der Waals surface area (Å²) in [5.74, 6) is -0.601. The maximum atomic E-state index is 14.8. The van der Waals surface area contributed by atoms with Gasteiger partial charge in [-0.3, -0.25) is 9.69 Å². The molecule has 2 aliphatic rings. The van der Waals surface area contributed by atoms with E-state index in [0.717, 1.165) is 30.6 Å². The van der Waals surface area contributed by atoms with Crippen molar-refractivity contribution in [3.8, 4) is 11.1 Å². The number of carbonyl (C=O) groups excluding carboxylic acids is 1. The number of amides is 1. The monoisotopic (exact) mass is 476 g/mol. The minimum Gasteiger partial charge on any atom is -0.311 e. The van der Waals surface area contributed by atoms with E-state index in [1.54, 1.807) is 24.1 Å². The van der Waals surface area contributed by atoms with E-state index in [1.807, 2.05) is 36.4 Å². The molecule has 0 radical (unpaired) electrons. The molecule has 1 aliphatic heterocycles. The molecule has 176 valence electrons. The van der Waals surface area contributed by atoms with Crippen LogP contribution in [0.5, 0.6) is 0 Å². The number of rotatable bonds is 5. The molecule has 1 aliphatic carbocycles. The van der Waals surface area contributed by atoms with Gasteiger partial charge in [-0.2, -0.15) is 0 Å². The highest BCUT2D eigenvalue weighted by Crippen LogP contribution is 2.30. The van der Waals surface area contributed by atoms with E-state index in [9.17, 15) is 9.18 Å². The van der Waals surface area contributed by atoms with Gasteiger partial charge in [-0.1, -0.05) is 54.1 Å². The molecule has 1 heterocycles. The fourth-order valence-electron chi connectivity index (χ4n) is 4.91. The highest BCUT2D eigenvalue weighted by molar-refractivity contribution is 6.06. The number of halogens is 2. The number of aryl methyl sites for hydroxylation is 1. The normalized spacial score (nSPS) is 15.3. The van der Waals surface area contributed by atoms with Crippen LogP contribution in [0.1, 0.15) is 40.7 Å². The molecule has 34 heavy (non-hydrogen) atoms. The molecule has 3 nitrogen and oxygen atoms in total. The van der Waals surface area contributed by atoms with Crippen LogP contribution in [0, 0.1) is 5.82 Å². The molecule has 1 saturated heterocycles. The summed E-state index contributed by atoms with van der Waals surface area (Å²) in [7, 11) is 1.75. The summed E-state index contributed by atoms with van der Waals surface area (Å²) in [6, 6.07) is 20.3. The topological polar surface area (TPSA) is 23.6 Å². The molecule has 0 N–H and O–H groups in total. The highest BCUT2D eigenvalue weighted by Gasteiger charge is 2.20. The molecular weight excluding hydrogens is 447 g/mol. The number of carbonyl (C=O) groups is 1. The van der Waals surface area contributed by atoms with Gasteiger partial charge in [0.2, 0.25) is 0 Å². The first kappa shape index (κ1) is 24.2. The summed E-state index contributed by atoms with van der Waals surface area (Å²) in [5.41, 5.74) is 6.49. The average molecular weight is 477 g/mol. The zero-order valence-corrected chi connectivity index (χ0v) is 20.3. The second kappa shape index (κ2) is 10.5. The van der Waals surface area contributed by atoms with Crippen molar-refractivity contribution in [2.24, 2.45) is 0 Å². The lowest BCUT2D eigenvalue weighted by Gasteiger charge is -2.24. The summed E-state index contributed by atoms with van der Waals surface area (Å²) in [5, 5.41) is 0. The predicted octanol–water partition coefficient (Wildman–Crippen LogP) is 6.62. The van der Waals surface area contributed by atoms with E-state index in [1.165, 1.54) is 48.7 Å². The van der Waals surface area contributed by atoms with Crippen molar-refractivity contribution >= 4 is 30.1 Å². The molecule has 0 aromatic heterocycles. The Kier molecular flexibility index (Phi) is 7.50. The van der Waals surface area contributed by atoms with Crippen LogP contribution in [0.3, 0.4) is 0 Å². The zero-order valence-electron chi connectivity index (χ0n) is 19.5. The fraction of sp³-hybridized carbons (Fsp3) is 0.276. The van der Waals surface area contributed by atoms with Gasteiger partial charge in [-0.25, -0.2) is 4.39 Å². The first-order valence-electron chi connectivity index (χ1n) is 11.8. The molecule has 0 saturated carbocycles. The van der Waals surface area contributed by atoms with Crippen LogP contribution in [0.4, 0.5) is 10.1 Å². The first-order chi connectivity index (χ1) is 16.1. The van der Waals surface area contributed by atoms with Gasteiger partial charge in [0.25, 0.3) is 5.91 Å². The van der Waals surface area contributed by atoms with Crippen molar-refractivity contribution in [3.63, 3.8) is 0 Å². The lowest BCUT2D eigenvalue weighted by atomic mass is 9.91. The Morgan fingerprint density at radius 1 is 0.971 bits per heavy atom. The van der Waals surface area contributed by atoms with Crippen molar-refractivity contribution in [3.05, 3.63) is 94.8 Å². The molecule has 5 heteroatoms. The molecule has 0 spiro atoms. The summed E-state index contributed by atoms with van der Waals surface area (Å²) in [6.45, 7) is 3.50. The fourth-order valence-corrected chi connectivity index (χ4v) is 4.91. The van der Waals surface area contributed by atoms with Gasteiger partial charge in [0.15, 0.2) is 0 Å². The van der Waals surface area contributed by atoms with E-state index < -0.39 is 0 Å². The van der Waals surface area contributed by atoms with Gasteiger partial charge in [-0.05, 0) is 79.7 Å². The van der Waals surface area contributed by atoms with Gasteiger partial charge in [0.1, 0.15) is 5.82 Å². The van der Waals surface area contributed by atoms with Crippen LogP contribution in [-0.4, -0.2) is 37.5 Å². The first-order valence-corrected chi connectivity index (χ1v) is 11.8. The third-order valence-electron chi connectivity index (χ3n) is 6.82. The van der Waals surface area contributed by atoms with E-state index in [2.05, 4.69) is 23.1 Å². The van der Waals surface area contributed by atoms with Crippen LogP contribution in [-0.2, 0) is 6.42 Å². The van der Waals surface area contributed by atoms with Crippen molar-refractivity contribution in [1.82, 2.24) is 4.90 Å². The Morgan fingerprint density at radius 3 is 2.47 bits per heavy atom. The van der Waals surface area contributed by atoms with Crippen LogP contribution in [0.25, 0.3) is 17.2 Å². The molecule has 0 bridgehead atoms. The quantitative estimate of drug-likeness (QED) is 0.413. The minimum absolute atomic E-state index is 0. The van der Waals surface area contributed by atoms with Crippen molar-refractivity contribution in [2.45, 2.75) is 25.7 Å². The average Bonchev–Trinajstić information content (AvgIpc) is 3.36. The lowest BCUT2D eigenvalue weighted by Crippen LogP contribution is -2.26. The SMILES string of the molecule is CN(C(=O)c1ccc(-c2ccccc2)c(F)c1)c1ccc2c(c1)CCC(CN1CCCC1)=C2.Cl. The molecule has 0 atom stereocenters. The standard InChI is InChI=1S/C29H29FN2O.ClH/c1-31(29(33)25-12-14-27(28(30)19-25)22-7-3-2-4-8-22)26-13-11-23-17-21(9-10-24(23)18-26)20-32-15-5-6-16-32;/h2-4,7-8,11-14,17-19H,5-6,9-10,15-16,20H2,1H3;1H. The summed E-state index contributed by atoms with van der Waals surface area (Å²) in [4.78, 5) is 17.3. The Bertz CT molecular complexity index is 1200. The number of fused-ring (bicyclic) bond motifs is 1. The van der Waals surface area contributed by atoms with Crippen LogP contribution in [0.2, 0.25) is 0 Å². The largest absolute Gasteiger partial charge is 0.311 e. The molecule has 3 aromatic rings. The minimum atomic E-state index is -0.387.